The third-order valence-corrected chi connectivity index (χ3v) is 2.17. The van der Waals surface area contributed by atoms with Gasteiger partial charge in [0.2, 0.25) is 0 Å². The molecule has 0 aliphatic rings. The molecule has 0 aliphatic heterocycles. The summed E-state index contributed by atoms with van der Waals surface area (Å²) in [6.07, 6.45) is 2.25. The molecule has 3 N–H and O–H groups in total. The highest BCUT2D eigenvalue weighted by atomic mass is 16.5. The minimum absolute atomic E-state index is 0.190. The van der Waals surface area contributed by atoms with E-state index >= 15 is 0 Å². The number of ether oxygens (including phenoxy) is 1. The number of hydrogen-bond acceptors (Lipinski definition) is 4. The Morgan fingerprint density at radius 1 is 1.59 bits per heavy atom. The van der Waals surface area contributed by atoms with Crippen LogP contribution in [0.15, 0.2) is 17.4 Å². The van der Waals surface area contributed by atoms with Crippen LogP contribution in [0.4, 0.5) is 5.82 Å². The van der Waals surface area contributed by atoms with Crippen molar-refractivity contribution in [2.45, 2.75) is 26.9 Å². The lowest BCUT2D eigenvalue weighted by Gasteiger charge is -2.08. The molecule has 0 saturated carbocycles. The Balaban J connectivity index is 2.85. The summed E-state index contributed by atoms with van der Waals surface area (Å²) in [5.74, 6) is 0.690. The van der Waals surface area contributed by atoms with Crippen molar-refractivity contribution in [3.8, 4) is 0 Å². The molecule has 0 fully saturated rings. The number of nitrogens with two attached hydrogens (primary N) is 1. The third-order valence-electron chi connectivity index (χ3n) is 2.17. The van der Waals surface area contributed by atoms with Crippen molar-refractivity contribution in [1.82, 2.24) is 9.97 Å². The molecule has 1 heterocycles. The zero-order valence-electron chi connectivity index (χ0n) is 10.3. The normalized spacial score (nSPS) is 10.8. The van der Waals surface area contributed by atoms with Crippen molar-refractivity contribution >= 4 is 5.82 Å². The van der Waals surface area contributed by atoms with Crippen LogP contribution in [0.1, 0.15) is 25.2 Å². The number of hydrogen-bond donors (Lipinski definition) is 2. The largest absolute Gasteiger partial charge is 0.382 e. The number of nitrogen functional groups attached to an aromatic ring is 1. The van der Waals surface area contributed by atoms with Crippen LogP contribution in [0.3, 0.4) is 0 Å². The minimum atomic E-state index is -0.190. The lowest BCUT2D eigenvalue weighted by molar-refractivity contribution is 0.146. The van der Waals surface area contributed by atoms with E-state index in [-0.39, 0.29) is 12.2 Å². The zero-order valence-corrected chi connectivity index (χ0v) is 10.3. The smallest absolute Gasteiger partial charge is 0.270 e. The number of H-pyrrole nitrogens is 1. The number of aromatic amines is 1. The quantitative estimate of drug-likeness (QED) is 0.576. The third kappa shape index (κ3) is 4.03. The van der Waals surface area contributed by atoms with E-state index in [1.807, 2.05) is 13.8 Å². The van der Waals surface area contributed by atoms with Gasteiger partial charge in [-0.3, -0.25) is 4.79 Å². The monoisotopic (exact) mass is 237 g/mol. The lowest BCUT2D eigenvalue weighted by atomic mass is 10.1. The first-order valence-corrected chi connectivity index (χ1v) is 5.60. The van der Waals surface area contributed by atoms with Gasteiger partial charge in [-0.1, -0.05) is 19.9 Å². The SMILES string of the molecule is C=CCOCc1[nH]c(=O)c(CC(C)C)nc1N. The predicted octanol–water partition coefficient (Wildman–Crippen LogP) is 1.25. The van der Waals surface area contributed by atoms with E-state index in [1.54, 1.807) is 6.08 Å². The number of nitrogens with zero attached hydrogens (tertiary/aromatic N) is 1. The van der Waals surface area contributed by atoms with Gasteiger partial charge in [-0.15, -0.1) is 6.58 Å². The maximum absolute atomic E-state index is 11.7. The first-order chi connectivity index (χ1) is 8.04. The van der Waals surface area contributed by atoms with Gasteiger partial charge in [-0.25, -0.2) is 4.98 Å². The van der Waals surface area contributed by atoms with Crippen molar-refractivity contribution in [3.05, 3.63) is 34.4 Å². The summed E-state index contributed by atoms with van der Waals surface area (Å²) in [5, 5.41) is 0. The fourth-order valence-electron chi connectivity index (χ4n) is 1.42. The summed E-state index contributed by atoms with van der Waals surface area (Å²) < 4.78 is 5.22. The van der Waals surface area contributed by atoms with E-state index in [1.165, 1.54) is 0 Å². The van der Waals surface area contributed by atoms with Crippen LogP contribution in [-0.4, -0.2) is 16.6 Å². The molecule has 1 aromatic heterocycles. The second-order valence-electron chi connectivity index (χ2n) is 4.28. The fourth-order valence-corrected chi connectivity index (χ4v) is 1.42. The molecule has 0 amide bonds. The molecule has 1 aromatic rings. The molecule has 0 aromatic carbocycles. The Bertz CT molecular complexity index is 438. The molecule has 0 atom stereocenters. The molecule has 0 aliphatic carbocycles. The Morgan fingerprint density at radius 2 is 2.29 bits per heavy atom. The highest BCUT2D eigenvalue weighted by Crippen LogP contribution is 2.07. The van der Waals surface area contributed by atoms with Crippen LogP contribution in [0.5, 0.6) is 0 Å². The average Bonchev–Trinajstić information content (AvgIpc) is 2.24. The molecule has 94 valence electrons. The van der Waals surface area contributed by atoms with Crippen LogP contribution in [0.2, 0.25) is 0 Å². The van der Waals surface area contributed by atoms with Gasteiger partial charge in [-0.2, -0.15) is 0 Å². The maximum Gasteiger partial charge on any atom is 0.270 e. The highest BCUT2D eigenvalue weighted by Gasteiger charge is 2.09. The van der Waals surface area contributed by atoms with E-state index < -0.39 is 0 Å². The van der Waals surface area contributed by atoms with Crippen molar-refractivity contribution in [3.63, 3.8) is 0 Å². The van der Waals surface area contributed by atoms with E-state index in [0.717, 1.165) is 0 Å². The van der Waals surface area contributed by atoms with Gasteiger partial charge in [-0.05, 0) is 12.3 Å². The van der Waals surface area contributed by atoms with Gasteiger partial charge >= 0.3 is 0 Å². The standard InChI is InChI=1S/C12H19N3O2/c1-4-5-17-7-10-11(13)14-9(6-8(2)3)12(16)15-10/h4,8H,1,5-7H2,2-3H3,(H2,13,14)(H,15,16). The molecule has 0 saturated heterocycles. The molecular formula is C12H19N3O2. The number of anilines is 1. The lowest BCUT2D eigenvalue weighted by Crippen LogP contribution is -2.21. The van der Waals surface area contributed by atoms with Crippen molar-refractivity contribution in [1.29, 1.82) is 0 Å². The molecule has 5 heteroatoms. The summed E-state index contributed by atoms with van der Waals surface area (Å²) in [4.78, 5) is 18.5. The maximum atomic E-state index is 11.7. The second-order valence-corrected chi connectivity index (χ2v) is 4.28. The van der Waals surface area contributed by atoms with Crippen molar-refractivity contribution in [2.24, 2.45) is 5.92 Å². The van der Waals surface area contributed by atoms with Crippen LogP contribution < -0.4 is 11.3 Å². The molecule has 1 rings (SSSR count). The molecule has 17 heavy (non-hydrogen) atoms. The van der Waals surface area contributed by atoms with Crippen LogP contribution in [0, 0.1) is 5.92 Å². The van der Waals surface area contributed by atoms with Crippen LogP contribution >= 0.6 is 0 Å². The van der Waals surface area contributed by atoms with Gasteiger partial charge in [0.25, 0.3) is 5.56 Å². The molecule has 0 spiro atoms. The molecule has 5 nitrogen and oxygen atoms in total. The van der Waals surface area contributed by atoms with Crippen LogP contribution in [0.25, 0.3) is 0 Å². The topological polar surface area (TPSA) is 81.0 Å². The summed E-state index contributed by atoms with van der Waals surface area (Å²) in [5.41, 5.74) is 6.57. The number of aromatic nitrogens is 2. The van der Waals surface area contributed by atoms with Crippen molar-refractivity contribution < 1.29 is 4.74 Å². The zero-order chi connectivity index (χ0) is 12.8. The van der Waals surface area contributed by atoms with Crippen molar-refractivity contribution in [2.75, 3.05) is 12.3 Å². The van der Waals surface area contributed by atoms with E-state index in [4.69, 9.17) is 10.5 Å². The first-order valence-electron chi connectivity index (χ1n) is 5.60. The first kappa shape index (κ1) is 13.4. The second kappa shape index (κ2) is 6.20. The number of nitrogens with one attached hydrogen (secondary N) is 1. The highest BCUT2D eigenvalue weighted by molar-refractivity contribution is 5.34. The summed E-state index contributed by atoms with van der Waals surface area (Å²) >= 11 is 0. The van der Waals surface area contributed by atoms with Gasteiger partial charge in [0.05, 0.1) is 18.9 Å². The summed E-state index contributed by atoms with van der Waals surface area (Å²) in [7, 11) is 0. The number of rotatable bonds is 6. The molecule has 0 radical (unpaired) electrons. The van der Waals surface area contributed by atoms with Crippen LogP contribution in [-0.2, 0) is 17.8 Å². The Hall–Kier alpha value is -1.62. The van der Waals surface area contributed by atoms with E-state index in [9.17, 15) is 4.79 Å². The Morgan fingerprint density at radius 3 is 2.88 bits per heavy atom. The van der Waals surface area contributed by atoms with Gasteiger partial charge in [0.15, 0.2) is 0 Å². The van der Waals surface area contributed by atoms with E-state index in [0.29, 0.717) is 36.2 Å². The average molecular weight is 237 g/mol. The summed E-state index contributed by atoms with van der Waals surface area (Å²) in [6.45, 7) is 8.24. The molecule has 0 bridgehead atoms. The molecular weight excluding hydrogens is 218 g/mol. The summed E-state index contributed by atoms with van der Waals surface area (Å²) in [6, 6.07) is 0. The Kier molecular flexibility index (Phi) is 4.90. The van der Waals surface area contributed by atoms with Gasteiger partial charge < -0.3 is 15.5 Å². The predicted molar refractivity (Wildman–Crippen MR) is 67.7 cm³/mol. The minimum Gasteiger partial charge on any atom is -0.382 e. The fraction of sp³-hybridized carbons (Fsp3) is 0.500. The van der Waals surface area contributed by atoms with Gasteiger partial charge in [0, 0.05) is 0 Å². The Labute approximate surface area is 101 Å². The van der Waals surface area contributed by atoms with Gasteiger partial charge in [0.1, 0.15) is 11.5 Å². The molecule has 0 unspecified atom stereocenters. The van der Waals surface area contributed by atoms with E-state index in [2.05, 4.69) is 16.5 Å².